The van der Waals surface area contributed by atoms with Gasteiger partial charge in [0.1, 0.15) is 5.57 Å². The Kier molecular flexibility index (Phi) is 5.43. The van der Waals surface area contributed by atoms with E-state index in [1.807, 2.05) is 0 Å². The molecule has 8 heteroatoms. The summed E-state index contributed by atoms with van der Waals surface area (Å²) in [7, 11) is 4.35. The number of carbonyl (C=O) groups is 3. The number of nitrogens with zero attached hydrogens (tertiary/aromatic N) is 1. The van der Waals surface area contributed by atoms with Gasteiger partial charge in [0, 0.05) is 12.1 Å². The van der Waals surface area contributed by atoms with E-state index < -0.39 is 17.8 Å². The number of carbonyl (C=O) groups excluding carboxylic acids is 3. The zero-order valence-electron chi connectivity index (χ0n) is 14.1. The largest absolute Gasteiger partial charge is 0.493 e. The first kappa shape index (κ1) is 18.1. The molecule has 132 valence electrons. The van der Waals surface area contributed by atoms with E-state index in [2.05, 4.69) is 11.9 Å². The molecule has 8 nitrogen and oxygen atoms in total. The van der Waals surface area contributed by atoms with Crippen LogP contribution in [0.3, 0.4) is 0 Å². The van der Waals surface area contributed by atoms with Crippen molar-refractivity contribution in [3.8, 4) is 17.2 Å². The van der Waals surface area contributed by atoms with Crippen LogP contribution in [0.15, 0.2) is 30.4 Å². The van der Waals surface area contributed by atoms with E-state index in [9.17, 15) is 14.4 Å². The number of benzene rings is 1. The number of rotatable bonds is 6. The molecule has 1 heterocycles. The van der Waals surface area contributed by atoms with Crippen molar-refractivity contribution in [1.29, 1.82) is 0 Å². The van der Waals surface area contributed by atoms with Crippen LogP contribution in [0.1, 0.15) is 5.56 Å². The van der Waals surface area contributed by atoms with E-state index in [0.29, 0.717) is 22.8 Å². The number of ether oxygens (including phenoxy) is 3. The number of barbiturate groups is 1. The Bertz CT molecular complexity index is 769. The van der Waals surface area contributed by atoms with Crippen LogP contribution in [-0.2, 0) is 9.59 Å². The predicted octanol–water partition coefficient (Wildman–Crippen LogP) is 1.36. The third kappa shape index (κ3) is 3.32. The minimum Gasteiger partial charge on any atom is -0.493 e. The van der Waals surface area contributed by atoms with Gasteiger partial charge in [-0.25, -0.2) is 4.79 Å². The highest BCUT2D eigenvalue weighted by atomic mass is 16.5. The highest BCUT2D eigenvalue weighted by Crippen LogP contribution is 2.40. The highest BCUT2D eigenvalue weighted by molar-refractivity contribution is 6.31. The molecule has 1 saturated heterocycles. The van der Waals surface area contributed by atoms with Crippen LogP contribution < -0.4 is 19.5 Å². The average Bonchev–Trinajstić information content (AvgIpc) is 2.61. The van der Waals surface area contributed by atoms with E-state index in [4.69, 9.17) is 14.2 Å². The molecule has 25 heavy (non-hydrogen) atoms. The first-order chi connectivity index (χ1) is 12.0. The van der Waals surface area contributed by atoms with Crippen molar-refractivity contribution in [2.75, 3.05) is 27.9 Å². The van der Waals surface area contributed by atoms with Crippen LogP contribution in [0, 0.1) is 0 Å². The van der Waals surface area contributed by atoms with Gasteiger partial charge in [-0.2, -0.15) is 0 Å². The first-order valence-electron chi connectivity index (χ1n) is 7.27. The summed E-state index contributed by atoms with van der Waals surface area (Å²) in [5.41, 5.74) is 0.221. The number of imide groups is 2. The fourth-order valence-corrected chi connectivity index (χ4v) is 2.38. The number of amides is 4. The summed E-state index contributed by atoms with van der Waals surface area (Å²) in [5.74, 6) is -0.453. The second-order valence-electron chi connectivity index (χ2n) is 4.95. The Morgan fingerprint density at radius 3 is 2.32 bits per heavy atom. The molecular weight excluding hydrogens is 328 g/mol. The SMILES string of the molecule is C=CCN1C(=O)NC(=O)C(=Cc2ccc(OC)c(OC)c2OC)C1=O. The molecular formula is C17H18N2O6. The molecule has 1 aliphatic rings. The van der Waals surface area contributed by atoms with Crippen molar-refractivity contribution in [3.63, 3.8) is 0 Å². The summed E-state index contributed by atoms with van der Waals surface area (Å²) >= 11 is 0. The lowest BCUT2D eigenvalue weighted by Crippen LogP contribution is -2.54. The lowest BCUT2D eigenvalue weighted by molar-refractivity contribution is -0.129. The van der Waals surface area contributed by atoms with Crippen LogP contribution in [0.5, 0.6) is 17.2 Å². The second-order valence-corrected chi connectivity index (χ2v) is 4.95. The minimum atomic E-state index is -0.786. The maximum Gasteiger partial charge on any atom is 0.331 e. The van der Waals surface area contributed by atoms with Gasteiger partial charge >= 0.3 is 6.03 Å². The zero-order chi connectivity index (χ0) is 18.6. The summed E-state index contributed by atoms with van der Waals surface area (Å²) in [6.45, 7) is 3.48. The molecule has 1 aromatic carbocycles. The molecule has 0 unspecified atom stereocenters. The van der Waals surface area contributed by atoms with Crippen molar-refractivity contribution in [2.45, 2.75) is 0 Å². The van der Waals surface area contributed by atoms with Crippen molar-refractivity contribution in [3.05, 3.63) is 35.9 Å². The standard InChI is InChI=1S/C17H18N2O6/c1-5-8-19-16(21)11(15(20)18-17(19)22)9-10-6-7-12(23-2)14(25-4)13(10)24-3/h5-7,9H,1,8H2,2-4H3,(H,18,20,22). The Balaban J connectivity index is 2.54. The normalized spacial score (nSPS) is 15.9. The van der Waals surface area contributed by atoms with Gasteiger partial charge in [0.05, 0.1) is 21.3 Å². The smallest absolute Gasteiger partial charge is 0.331 e. The van der Waals surface area contributed by atoms with Gasteiger partial charge in [0.15, 0.2) is 11.5 Å². The van der Waals surface area contributed by atoms with E-state index >= 15 is 0 Å². The molecule has 1 fully saturated rings. The van der Waals surface area contributed by atoms with Crippen molar-refractivity contribution in [1.82, 2.24) is 10.2 Å². The molecule has 0 bridgehead atoms. The fourth-order valence-electron chi connectivity index (χ4n) is 2.38. The van der Waals surface area contributed by atoms with Gasteiger partial charge < -0.3 is 14.2 Å². The Labute approximate surface area is 144 Å². The lowest BCUT2D eigenvalue weighted by Gasteiger charge is -2.25. The van der Waals surface area contributed by atoms with Gasteiger partial charge in [0.25, 0.3) is 11.8 Å². The number of hydrogen-bond acceptors (Lipinski definition) is 6. The number of hydrogen-bond donors (Lipinski definition) is 1. The van der Waals surface area contributed by atoms with Gasteiger partial charge in [0.2, 0.25) is 5.75 Å². The van der Waals surface area contributed by atoms with Crippen LogP contribution >= 0.6 is 0 Å². The maximum absolute atomic E-state index is 12.4. The molecule has 4 amide bonds. The molecule has 0 spiro atoms. The molecule has 1 N–H and O–H groups in total. The van der Waals surface area contributed by atoms with E-state index in [1.54, 1.807) is 12.1 Å². The van der Waals surface area contributed by atoms with E-state index in [0.717, 1.165) is 4.90 Å². The van der Waals surface area contributed by atoms with E-state index in [1.165, 1.54) is 33.5 Å². The molecule has 0 aliphatic carbocycles. The van der Waals surface area contributed by atoms with Crippen molar-refractivity contribution < 1.29 is 28.6 Å². The lowest BCUT2D eigenvalue weighted by atomic mass is 10.1. The monoisotopic (exact) mass is 346 g/mol. The second kappa shape index (κ2) is 7.52. The average molecular weight is 346 g/mol. The highest BCUT2D eigenvalue weighted by Gasteiger charge is 2.35. The number of methoxy groups -OCH3 is 3. The predicted molar refractivity (Wildman–Crippen MR) is 89.5 cm³/mol. The first-order valence-corrected chi connectivity index (χ1v) is 7.27. The Morgan fingerprint density at radius 1 is 1.08 bits per heavy atom. The van der Waals surface area contributed by atoms with Gasteiger partial charge in [-0.3, -0.25) is 19.8 Å². The topological polar surface area (TPSA) is 94.2 Å². The quantitative estimate of drug-likeness (QED) is 0.475. The summed E-state index contributed by atoms with van der Waals surface area (Å²) < 4.78 is 15.8. The maximum atomic E-state index is 12.4. The number of urea groups is 1. The molecule has 1 aromatic rings. The number of nitrogens with one attached hydrogen (secondary N) is 1. The zero-order valence-corrected chi connectivity index (χ0v) is 14.1. The van der Waals surface area contributed by atoms with Gasteiger partial charge in [-0.05, 0) is 18.2 Å². The van der Waals surface area contributed by atoms with Crippen molar-refractivity contribution >= 4 is 23.9 Å². The summed E-state index contributed by atoms with van der Waals surface area (Å²) in [4.78, 5) is 37.2. The fraction of sp³-hybridized carbons (Fsp3) is 0.235. The van der Waals surface area contributed by atoms with Crippen LogP contribution in [-0.4, -0.2) is 50.6 Å². The Morgan fingerprint density at radius 2 is 1.76 bits per heavy atom. The summed E-state index contributed by atoms with van der Waals surface area (Å²) in [6, 6.07) is 2.44. The molecule has 0 radical (unpaired) electrons. The Hall–Kier alpha value is -3.29. The van der Waals surface area contributed by atoms with E-state index in [-0.39, 0.29) is 12.1 Å². The van der Waals surface area contributed by atoms with Crippen LogP contribution in [0.4, 0.5) is 4.79 Å². The van der Waals surface area contributed by atoms with Gasteiger partial charge in [-0.15, -0.1) is 6.58 Å². The third-order valence-electron chi connectivity index (χ3n) is 3.53. The minimum absolute atomic E-state index is 0.0155. The van der Waals surface area contributed by atoms with Crippen LogP contribution in [0.25, 0.3) is 6.08 Å². The molecule has 1 aliphatic heterocycles. The van der Waals surface area contributed by atoms with Crippen molar-refractivity contribution in [2.24, 2.45) is 0 Å². The molecule has 0 atom stereocenters. The molecule has 0 saturated carbocycles. The molecule has 2 rings (SSSR count). The summed E-state index contributed by atoms with van der Waals surface area (Å²) in [6.07, 6.45) is 2.73. The third-order valence-corrected chi connectivity index (χ3v) is 3.53. The summed E-state index contributed by atoms with van der Waals surface area (Å²) in [5, 5.41) is 2.12. The molecule has 0 aromatic heterocycles. The van der Waals surface area contributed by atoms with Crippen LogP contribution in [0.2, 0.25) is 0 Å². The van der Waals surface area contributed by atoms with Gasteiger partial charge in [-0.1, -0.05) is 6.08 Å².